The highest BCUT2D eigenvalue weighted by Gasteiger charge is 2.32. The zero-order valence-corrected chi connectivity index (χ0v) is 23.1. The molecule has 0 aliphatic carbocycles. The maximum atomic E-state index is 12.2. The predicted molar refractivity (Wildman–Crippen MR) is 146 cm³/mol. The molecule has 16 heteroatoms. The van der Waals surface area contributed by atoms with Crippen LogP contribution in [0.1, 0.15) is 38.5 Å². The number of carboxylic acids is 6. The molecular formula is C26H38N4O12. The summed E-state index contributed by atoms with van der Waals surface area (Å²) < 4.78 is 0. The fourth-order valence-electron chi connectivity index (χ4n) is 4.57. The molecule has 3 atom stereocenters. The number of hydrogen-bond acceptors (Lipinski definition) is 10. The molecule has 0 saturated carbocycles. The van der Waals surface area contributed by atoms with Crippen LogP contribution < -0.4 is 0 Å². The fraction of sp³-hybridized carbons (Fsp3) is 0.577. The van der Waals surface area contributed by atoms with Crippen molar-refractivity contribution in [1.29, 1.82) is 0 Å². The lowest BCUT2D eigenvalue weighted by Crippen LogP contribution is -2.52. The van der Waals surface area contributed by atoms with Crippen LogP contribution in [0.5, 0.6) is 0 Å². The summed E-state index contributed by atoms with van der Waals surface area (Å²) >= 11 is 0. The summed E-state index contributed by atoms with van der Waals surface area (Å²) in [5.74, 6) is -7.55. The highest BCUT2D eigenvalue weighted by molar-refractivity contribution is 5.77. The third-order valence-corrected chi connectivity index (χ3v) is 6.67. The van der Waals surface area contributed by atoms with Crippen LogP contribution in [-0.4, -0.2) is 145 Å². The van der Waals surface area contributed by atoms with Gasteiger partial charge in [0.2, 0.25) is 0 Å². The molecular weight excluding hydrogens is 560 g/mol. The minimum atomic E-state index is -1.34. The van der Waals surface area contributed by atoms with Crippen molar-refractivity contribution >= 4 is 42.0 Å². The second kappa shape index (κ2) is 18.3. The molecule has 0 radical (unpaired) electrons. The van der Waals surface area contributed by atoms with Crippen molar-refractivity contribution in [2.24, 2.45) is 4.99 Å². The van der Waals surface area contributed by atoms with Crippen molar-refractivity contribution in [3.8, 4) is 0 Å². The highest BCUT2D eigenvalue weighted by atomic mass is 16.4. The quantitative estimate of drug-likeness (QED) is 0.137. The summed E-state index contributed by atoms with van der Waals surface area (Å²) in [6, 6.07) is -3.86. The molecule has 42 heavy (non-hydrogen) atoms. The normalized spacial score (nSPS) is 19.9. The van der Waals surface area contributed by atoms with Crippen LogP contribution in [0.25, 0.3) is 0 Å². The van der Waals surface area contributed by atoms with Crippen LogP contribution >= 0.6 is 0 Å². The Kier molecular flexibility index (Phi) is 15.6. The van der Waals surface area contributed by atoms with E-state index in [0.717, 1.165) is 0 Å². The second-order valence-corrected chi connectivity index (χ2v) is 9.57. The van der Waals surface area contributed by atoms with Crippen molar-refractivity contribution in [2.75, 3.05) is 39.3 Å². The van der Waals surface area contributed by atoms with Crippen LogP contribution in [-0.2, 0) is 28.8 Å². The van der Waals surface area contributed by atoms with Gasteiger partial charge in [-0.2, -0.15) is 0 Å². The van der Waals surface area contributed by atoms with Gasteiger partial charge >= 0.3 is 35.8 Å². The lowest BCUT2D eigenvalue weighted by molar-refractivity contribution is -0.148. The van der Waals surface area contributed by atoms with Crippen LogP contribution in [0, 0.1) is 0 Å². The monoisotopic (exact) mass is 598 g/mol. The number of aliphatic imine (C=N–C) groups is 1. The molecule has 6 N–H and O–H groups in total. The Morgan fingerprint density at radius 2 is 1.07 bits per heavy atom. The molecule has 0 saturated heterocycles. The largest absolute Gasteiger partial charge is 0.481 e. The molecule has 16 nitrogen and oxygen atoms in total. The molecule has 234 valence electrons. The summed E-state index contributed by atoms with van der Waals surface area (Å²) in [6.07, 6.45) is 2.09. The van der Waals surface area contributed by atoms with E-state index in [-0.39, 0.29) is 58.5 Å². The maximum Gasteiger partial charge on any atom is 0.320 e. The van der Waals surface area contributed by atoms with Crippen molar-refractivity contribution in [3.05, 3.63) is 24.4 Å². The molecule has 1 rings (SSSR count). The smallest absolute Gasteiger partial charge is 0.320 e. The first-order chi connectivity index (χ1) is 19.8. The maximum absolute atomic E-state index is 12.2. The van der Waals surface area contributed by atoms with Gasteiger partial charge in [-0.15, -0.1) is 0 Å². The van der Waals surface area contributed by atoms with Gasteiger partial charge in [-0.1, -0.05) is 12.7 Å². The minimum Gasteiger partial charge on any atom is -0.481 e. The number of allylic oxidation sites excluding steroid dienone is 2. The predicted octanol–water partition coefficient (Wildman–Crippen LogP) is 0.000700. The van der Waals surface area contributed by atoms with E-state index in [4.69, 9.17) is 15.3 Å². The number of aliphatic carboxylic acids is 6. The van der Waals surface area contributed by atoms with Crippen LogP contribution in [0.2, 0.25) is 0 Å². The van der Waals surface area contributed by atoms with E-state index in [1.807, 2.05) is 0 Å². The molecule has 0 amide bonds. The Labute approximate surface area is 241 Å². The van der Waals surface area contributed by atoms with E-state index in [2.05, 4.69) is 11.6 Å². The van der Waals surface area contributed by atoms with Crippen LogP contribution in [0.4, 0.5) is 0 Å². The van der Waals surface area contributed by atoms with Crippen molar-refractivity contribution in [1.82, 2.24) is 14.7 Å². The summed E-state index contributed by atoms with van der Waals surface area (Å²) in [7, 11) is 0. The molecule has 0 aromatic carbocycles. The van der Waals surface area contributed by atoms with E-state index in [0.29, 0.717) is 5.70 Å². The van der Waals surface area contributed by atoms with Gasteiger partial charge in [0.15, 0.2) is 0 Å². The SMILES string of the molecule is C=C/C=C1CN(C(CCC(=O)O)C(=O)O)CCN(C(CCC(=O)O)C(=O)O)CCN(C(CCC(=O)O)C(=O)O)C/C=N/1. The van der Waals surface area contributed by atoms with Crippen LogP contribution in [0.15, 0.2) is 29.4 Å². The van der Waals surface area contributed by atoms with Crippen molar-refractivity contribution in [3.63, 3.8) is 0 Å². The van der Waals surface area contributed by atoms with Gasteiger partial charge in [0.25, 0.3) is 0 Å². The Bertz CT molecular complexity index is 1060. The summed E-state index contributed by atoms with van der Waals surface area (Å²) in [6.45, 7) is 3.08. The number of carboxylic acid groups (broad SMARTS) is 6. The Hall–Kier alpha value is -4.15. The van der Waals surface area contributed by atoms with Gasteiger partial charge in [0.05, 0.1) is 5.70 Å². The van der Waals surface area contributed by atoms with E-state index in [9.17, 15) is 44.1 Å². The molecule has 0 aromatic heterocycles. The third kappa shape index (κ3) is 13.0. The lowest BCUT2D eigenvalue weighted by atomic mass is 10.1. The topological polar surface area (TPSA) is 246 Å². The Morgan fingerprint density at radius 3 is 1.48 bits per heavy atom. The summed E-state index contributed by atoms with van der Waals surface area (Å²) in [5.41, 5.74) is 0.303. The molecule has 0 spiro atoms. The first-order valence-corrected chi connectivity index (χ1v) is 13.2. The first kappa shape index (κ1) is 35.9. The van der Waals surface area contributed by atoms with Gasteiger partial charge in [-0.05, 0) is 25.3 Å². The lowest BCUT2D eigenvalue weighted by Gasteiger charge is -2.36. The Balaban J connectivity index is 3.58. The van der Waals surface area contributed by atoms with E-state index < -0.39 is 73.2 Å². The molecule has 1 aliphatic heterocycles. The molecule has 3 unspecified atom stereocenters. The van der Waals surface area contributed by atoms with Gasteiger partial charge in [-0.3, -0.25) is 48.5 Å². The van der Waals surface area contributed by atoms with Gasteiger partial charge in [0, 0.05) is 64.7 Å². The Morgan fingerprint density at radius 1 is 0.690 bits per heavy atom. The van der Waals surface area contributed by atoms with Gasteiger partial charge < -0.3 is 30.6 Å². The third-order valence-electron chi connectivity index (χ3n) is 6.67. The van der Waals surface area contributed by atoms with E-state index >= 15 is 0 Å². The molecule has 1 heterocycles. The van der Waals surface area contributed by atoms with Crippen molar-refractivity contribution < 1.29 is 59.4 Å². The zero-order valence-electron chi connectivity index (χ0n) is 23.1. The molecule has 1 aliphatic rings. The standard InChI is InChI=1S/C26H38N4O12/c1-2-3-17-16-30(20(26(41)42)6-9-23(35)36)15-14-29(19(25(39)40)5-8-22(33)34)13-12-28(11-10-27-17)18(24(37)38)4-7-21(31)32/h2-3,10,18-20H,1,4-9,11-16H2,(H,31,32)(H,33,34)(H,35,36)(H,37,38)(H,39,40)(H,41,42)/b17-3-,27-10+. The average Bonchev–Trinajstić information content (AvgIpc) is 2.87. The van der Waals surface area contributed by atoms with Gasteiger partial charge in [-0.25, -0.2) is 0 Å². The van der Waals surface area contributed by atoms with Crippen molar-refractivity contribution in [2.45, 2.75) is 56.7 Å². The number of carbonyl (C=O) groups is 6. The second-order valence-electron chi connectivity index (χ2n) is 9.57. The highest BCUT2D eigenvalue weighted by Crippen LogP contribution is 2.17. The average molecular weight is 599 g/mol. The summed E-state index contributed by atoms with van der Waals surface area (Å²) in [4.78, 5) is 78.6. The summed E-state index contributed by atoms with van der Waals surface area (Å²) in [5, 5.41) is 57.0. The minimum absolute atomic E-state index is 0.0681. The molecule has 0 fully saturated rings. The number of nitrogens with zero attached hydrogens (tertiary/aromatic N) is 4. The molecule has 0 aromatic rings. The van der Waals surface area contributed by atoms with Gasteiger partial charge in [0.1, 0.15) is 18.1 Å². The first-order valence-electron chi connectivity index (χ1n) is 13.2. The number of rotatable bonds is 16. The number of hydrogen-bond donors (Lipinski definition) is 6. The van der Waals surface area contributed by atoms with Crippen LogP contribution in [0.3, 0.4) is 0 Å². The van der Waals surface area contributed by atoms with E-state index in [1.54, 1.807) is 0 Å². The fourth-order valence-corrected chi connectivity index (χ4v) is 4.57. The zero-order chi connectivity index (χ0) is 31.8. The van der Waals surface area contributed by atoms with E-state index in [1.165, 1.54) is 33.1 Å². The molecule has 0 bridgehead atoms.